The standard InChI is InChI=1S/C9H19NO3/c1-3-5-6-10-9(11)13-8-7-12-4-2/h3-8H2,1-2H3,(H,10,11). The lowest BCUT2D eigenvalue weighted by Gasteiger charge is -2.05. The zero-order valence-electron chi connectivity index (χ0n) is 8.47. The van der Waals surface area contributed by atoms with Crippen LogP contribution in [0.2, 0.25) is 0 Å². The van der Waals surface area contributed by atoms with E-state index in [4.69, 9.17) is 9.47 Å². The number of rotatable bonds is 7. The molecule has 0 saturated heterocycles. The molecule has 0 aliphatic heterocycles. The SMILES string of the molecule is CCCCNC(=O)OCCOCC. The van der Waals surface area contributed by atoms with Gasteiger partial charge in [-0.1, -0.05) is 13.3 Å². The summed E-state index contributed by atoms with van der Waals surface area (Å²) in [5.41, 5.74) is 0. The Kier molecular flexibility index (Phi) is 8.77. The van der Waals surface area contributed by atoms with Crippen molar-refractivity contribution in [2.45, 2.75) is 26.7 Å². The highest BCUT2D eigenvalue weighted by Gasteiger charge is 1.98. The van der Waals surface area contributed by atoms with Gasteiger partial charge >= 0.3 is 6.09 Å². The quantitative estimate of drug-likeness (QED) is 0.618. The molecule has 0 aromatic carbocycles. The molecule has 0 rings (SSSR count). The second-order valence-corrected chi connectivity index (χ2v) is 2.61. The van der Waals surface area contributed by atoms with E-state index in [1.807, 2.05) is 6.92 Å². The Bertz CT molecular complexity index is 128. The van der Waals surface area contributed by atoms with Gasteiger partial charge in [-0.15, -0.1) is 0 Å². The van der Waals surface area contributed by atoms with E-state index in [0.717, 1.165) is 12.8 Å². The van der Waals surface area contributed by atoms with Crippen molar-refractivity contribution in [3.63, 3.8) is 0 Å². The molecule has 0 aliphatic carbocycles. The van der Waals surface area contributed by atoms with E-state index in [2.05, 4.69) is 12.2 Å². The van der Waals surface area contributed by atoms with Gasteiger partial charge in [0.2, 0.25) is 0 Å². The van der Waals surface area contributed by atoms with Crippen molar-refractivity contribution in [1.82, 2.24) is 5.32 Å². The maximum atomic E-state index is 10.9. The number of carbonyl (C=O) groups is 1. The highest BCUT2D eigenvalue weighted by atomic mass is 16.6. The summed E-state index contributed by atoms with van der Waals surface area (Å²) in [6, 6.07) is 0. The van der Waals surface area contributed by atoms with Crippen LogP contribution in [0.25, 0.3) is 0 Å². The smallest absolute Gasteiger partial charge is 0.407 e. The normalized spacial score (nSPS) is 9.69. The zero-order valence-corrected chi connectivity index (χ0v) is 8.47. The highest BCUT2D eigenvalue weighted by molar-refractivity contribution is 5.66. The molecule has 0 aromatic heterocycles. The highest BCUT2D eigenvalue weighted by Crippen LogP contribution is 1.84. The third-order valence-electron chi connectivity index (χ3n) is 1.46. The van der Waals surface area contributed by atoms with Gasteiger partial charge in [0.15, 0.2) is 0 Å². The summed E-state index contributed by atoms with van der Waals surface area (Å²) in [6.45, 7) is 6.11. The fourth-order valence-electron chi connectivity index (χ4n) is 0.756. The Morgan fingerprint density at radius 3 is 2.69 bits per heavy atom. The Labute approximate surface area is 79.6 Å². The first kappa shape index (κ1) is 12.2. The number of nitrogens with one attached hydrogen (secondary N) is 1. The Morgan fingerprint density at radius 2 is 2.08 bits per heavy atom. The van der Waals surface area contributed by atoms with Crippen molar-refractivity contribution in [3.8, 4) is 0 Å². The maximum absolute atomic E-state index is 10.9. The minimum Gasteiger partial charge on any atom is -0.447 e. The van der Waals surface area contributed by atoms with Gasteiger partial charge in [0.25, 0.3) is 0 Å². The molecule has 4 heteroatoms. The molecule has 4 nitrogen and oxygen atoms in total. The first-order valence-corrected chi connectivity index (χ1v) is 4.79. The number of carbonyl (C=O) groups excluding carboxylic acids is 1. The maximum Gasteiger partial charge on any atom is 0.407 e. The summed E-state index contributed by atoms with van der Waals surface area (Å²) in [4.78, 5) is 10.9. The lowest BCUT2D eigenvalue weighted by atomic mass is 10.3. The van der Waals surface area contributed by atoms with E-state index in [9.17, 15) is 4.79 Å². The molecule has 0 aromatic rings. The average Bonchev–Trinajstić information content (AvgIpc) is 2.13. The van der Waals surface area contributed by atoms with E-state index in [0.29, 0.717) is 26.4 Å². The fraction of sp³-hybridized carbons (Fsp3) is 0.889. The average molecular weight is 189 g/mol. The van der Waals surface area contributed by atoms with Gasteiger partial charge in [-0.3, -0.25) is 0 Å². The number of unbranched alkanes of at least 4 members (excludes halogenated alkanes) is 1. The fourth-order valence-corrected chi connectivity index (χ4v) is 0.756. The molecule has 0 saturated carbocycles. The molecule has 1 amide bonds. The lowest BCUT2D eigenvalue weighted by molar-refractivity contribution is 0.0788. The third-order valence-corrected chi connectivity index (χ3v) is 1.46. The summed E-state index contributed by atoms with van der Waals surface area (Å²) in [5.74, 6) is 0. The van der Waals surface area contributed by atoms with Crippen LogP contribution in [0.5, 0.6) is 0 Å². The predicted octanol–water partition coefficient (Wildman–Crippen LogP) is 1.55. The first-order chi connectivity index (χ1) is 6.31. The molecule has 0 aliphatic rings. The largest absolute Gasteiger partial charge is 0.447 e. The van der Waals surface area contributed by atoms with Gasteiger partial charge < -0.3 is 14.8 Å². The van der Waals surface area contributed by atoms with Crippen LogP contribution in [0, 0.1) is 0 Å². The zero-order chi connectivity index (χ0) is 9.94. The molecule has 0 unspecified atom stereocenters. The van der Waals surface area contributed by atoms with E-state index < -0.39 is 0 Å². The van der Waals surface area contributed by atoms with Crippen LogP contribution in [0.15, 0.2) is 0 Å². The van der Waals surface area contributed by atoms with Gasteiger partial charge in [0, 0.05) is 13.2 Å². The second-order valence-electron chi connectivity index (χ2n) is 2.61. The summed E-state index contributed by atoms with van der Waals surface area (Å²) >= 11 is 0. The van der Waals surface area contributed by atoms with Crippen molar-refractivity contribution < 1.29 is 14.3 Å². The van der Waals surface area contributed by atoms with Gasteiger partial charge in [-0.05, 0) is 13.3 Å². The molecular weight excluding hydrogens is 170 g/mol. The van der Waals surface area contributed by atoms with Crippen LogP contribution in [-0.4, -0.2) is 32.5 Å². The number of hydrogen-bond acceptors (Lipinski definition) is 3. The summed E-state index contributed by atoms with van der Waals surface area (Å²) in [7, 11) is 0. The van der Waals surface area contributed by atoms with Crippen molar-refractivity contribution in [2.24, 2.45) is 0 Å². The summed E-state index contributed by atoms with van der Waals surface area (Å²) in [5, 5.41) is 2.64. The molecule has 0 atom stereocenters. The molecule has 0 spiro atoms. The van der Waals surface area contributed by atoms with Crippen molar-refractivity contribution in [1.29, 1.82) is 0 Å². The van der Waals surface area contributed by atoms with E-state index in [1.165, 1.54) is 0 Å². The van der Waals surface area contributed by atoms with Crippen LogP contribution in [0.3, 0.4) is 0 Å². The number of alkyl carbamates (subject to hydrolysis) is 1. The van der Waals surface area contributed by atoms with Crippen LogP contribution in [0.4, 0.5) is 4.79 Å². The Morgan fingerprint density at radius 1 is 1.31 bits per heavy atom. The van der Waals surface area contributed by atoms with Gasteiger partial charge in [-0.2, -0.15) is 0 Å². The summed E-state index contributed by atoms with van der Waals surface area (Å²) in [6.07, 6.45) is 1.70. The van der Waals surface area contributed by atoms with E-state index in [1.54, 1.807) is 0 Å². The molecular formula is C9H19NO3. The molecule has 78 valence electrons. The molecule has 0 bridgehead atoms. The Balaban J connectivity index is 3.11. The van der Waals surface area contributed by atoms with Crippen LogP contribution < -0.4 is 5.32 Å². The van der Waals surface area contributed by atoms with E-state index >= 15 is 0 Å². The molecule has 13 heavy (non-hydrogen) atoms. The van der Waals surface area contributed by atoms with Crippen molar-refractivity contribution >= 4 is 6.09 Å². The van der Waals surface area contributed by atoms with Crippen molar-refractivity contribution in [3.05, 3.63) is 0 Å². The molecule has 0 fully saturated rings. The number of ether oxygens (including phenoxy) is 2. The minimum absolute atomic E-state index is 0.325. The third kappa shape index (κ3) is 9.14. The first-order valence-electron chi connectivity index (χ1n) is 4.79. The van der Waals surface area contributed by atoms with Crippen LogP contribution in [-0.2, 0) is 9.47 Å². The molecule has 0 radical (unpaired) electrons. The topological polar surface area (TPSA) is 47.6 Å². The summed E-state index contributed by atoms with van der Waals surface area (Å²) < 4.78 is 9.82. The molecule has 1 N–H and O–H groups in total. The van der Waals surface area contributed by atoms with Gasteiger partial charge in [0.05, 0.1) is 6.61 Å². The molecule has 0 heterocycles. The van der Waals surface area contributed by atoms with Crippen LogP contribution >= 0.6 is 0 Å². The van der Waals surface area contributed by atoms with E-state index in [-0.39, 0.29) is 6.09 Å². The van der Waals surface area contributed by atoms with Crippen molar-refractivity contribution in [2.75, 3.05) is 26.4 Å². The Hall–Kier alpha value is -0.770. The number of amides is 1. The van der Waals surface area contributed by atoms with Gasteiger partial charge in [0.1, 0.15) is 6.61 Å². The van der Waals surface area contributed by atoms with Crippen LogP contribution in [0.1, 0.15) is 26.7 Å². The lowest BCUT2D eigenvalue weighted by Crippen LogP contribution is -2.26. The second kappa shape index (κ2) is 9.32. The number of hydrogen-bond donors (Lipinski definition) is 1. The monoisotopic (exact) mass is 189 g/mol. The predicted molar refractivity (Wildman–Crippen MR) is 50.8 cm³/mol. The minimum atomic E-state index is -0.354. The van der Waals surface area contributed by atoms with Gasteiger partial charge in [-0.25, -0.2) is 4.79 Å².